The van der Waals surface area contributed by atoms with Gasteiger partial charge in [-0.05, 0) is 39.7 Å². The third kappa shape index (κ3) is 7.77. The smallest absolute Gasteiger partial charge is 0.306 e. The molecular formula is C16H22Cl2N2O3. The van der Waals surface area contributed by atoms with Crippen LogP contribution in [-0.4, -0.2) is 28.4 Å². The monoisotopic (exact) mass is 360 g/mol. The zero-order valence-corrected chi connectivity index (χ0v) is 15.1. The van der Waals surface area contributed by atoms with Crippen molar-refractivity contribution in [3.8, 4) is 0 Å². The summed E-state index contributed by atoms with van der Waals surface area (Å²) in [5.41, 5.74) is 5.96. The zero-order chi connectivity index (χ0) is 17.6. The van der Waals surface area contributed by atoms with Crippen LogP contribution < -0.4 is 5.73 Å². The molecule has 0 amide bonds. The summed E-state index contributed by atoms with van der Waals surface area (Å²) in [7, 11) is 0. The van der Waals surface area contributed by atoms with Gasteiger partial charge in [-0.25, -0.2) is 0 Å². The number of rotatable bonds is 7. The van der Waals surface area contributed by atoms with E-state index in [1.807, 2.05) is 0 Å². The van der Waals surface area contributed by atoms with Crippen LogP contribution >= 0.6 is 23.2 Å². The number of hydrogen-bond donors (Lipinski definition) is 1. The number of aryl methyl sites for hydroxylation is 1. The number of Topliss-reactive ketones (excluding diaryl/α,β-unsaturated/α-hetero) is 1. The van der Waals surface area contributed by atoms with Crippen LogP contribution in [-0.2, 0) is 20.7 Å². The molecule has 0 aromatic carbocycles. The summed E-state index contributed by atoms with van der Waals surface area (Å²) >= 11 is 11.7. The van der Waals surface area contributed by atoms with Crippen molar-refractivity contribution in [2.75, 3.05) is 0 Å². The molecule has 0 aliphatic rings. The summed E-state index contributed by atoms with van der Waals surface area (Å²) in [6.07, 6.45) is 2.50. The minimum atomic E-state index is -0.690. The van der Waals surface area contributed by atoms with Crippen molar-refractivity contribution in [3.05, 3.63) is 28.0 Å². The lowest BCUT2D eigenvalue weighted by Crippen LogP contribution is -2.32. The van der Waals surface area contributed by atoms with Gasteiger partial charge in [0.2, 0.25) is 0 Å². The van der Waals surface area contributed by atoms with E-state index in [2.05, 4.69) is 4.98 Å². The molecule has 23 heavy (non-hydrogen) atoms. The highest BCUT2D eigenvalue weighted by atomic mass is 35.5. The maximum atomic E-state index is 12.0. The molecule has 1 heterocycles. The maximum absolute atomic E-state index is 12.0. The van der Waals surface area contributed by atoms with E-state index in [9.17, 15) is 9.59 Å². The number of ether oxygens (including phenoxy) is 1. The van der Waals surface area contributed by atoms with Crippen LogP contribution in [0.3, 0.4) is 0 Å². The van der Waals surface area contributed by atoms with Gasteiger partial charge < -0.3 is 10.5 Å². The SMILES string of the molecule is CC(C)(C)OC(=O)CC[C@@H](N)C(=O)CCc1cc(Cl)c(Cl)cn1. The average Bonchev–Trinajstić information content (AvgIpc) is 2.43. The molecule has 1 aromatic rings. The highest BCUT2D eigenvalue weighted by molar-refractivity contribution is 6.41. The summed E-state index contributed by atoms with van der Waals surface area (Å²) in [5, 5.41) is 0.772. The largest absolute Gasteiger partial charge is 0.460 e. The van der Waals surface area contributed by atoms with Crippen molar-refractivity contribution >= 4 is 35.0 Å². The predicted octanol–water partition coefficient (Wildman–Crippen LogP) is 3.34. The molecule has 1 rings (SSSR count). The third-order valence-electron chi connectivity index (χ3n) is 2.99. The van der Waals surface area contributed by atoms with E-state index in [0.717, 1.165) is 0 Å². The standard InChI is InChI=1S/C16H22Cl2N2O3/c1-16(2,3)23-15(22)7-5-13(19)14(21)6-4-10-8-11(17)12(18)9-20-10/h8-9,13H,4-7,19H2,1-3H3/t13-/m1/s1. The van der Waals surface area contributed by atoms with E-state index < -0.39 is 11.6 Å². The van der Waals surface area contributed by atoms with Crippen molar-refractivity contribution < 1.29 is 14.3 Å². The molecule has 0 fully saturated rings. The highest BCUT2D eigenvalue weighted by Crippen LogP contribution is 2.21. The van der Waals surface area contributed by atoms with Crippen molar-refractivity contribution in [1.29, 1.82) is 0 Å². The van der Waals surface area contributed by atoms with E-state index in [1.54, 1.807) is 26.8 Å². The number of pyridine rings is 1. The number of esters is 1. The van der Waals surface area contributed by atoms with Gasteiger partial charge in [-0.2, -0.15) is 0 Å². The summed E-state index contributed by atoms with van der Waals surface area (Å²) in [6, 6.07) is 0.939. The Balaban J connectivity index is 2.39. The Bertz CT molecular complexity index is 571. The molecule has 5 nitrogen and oxygen atoms in total. The quantitative estimate of drug-likeness (QED) is 0.753. The van der Waals surface area contributed by atoms with Crippen LogP contribution in [0.1, 0.15) is 45.7 Å². The molecule has 0 radical (unpaired) electrons. The van der Waals surface area contributed by atoms with E-state index >= 15 is 0 Å². The van der Waals surface area contributed by atoms with Gasteiger partial charge in [0.15, 0.2) is 0 Å². The minimum absolute atomic E-state index is 0.120. The summed E-state index contributed by atoms with van der Waals surface area (Å²) < 4.78 is 5.18. The fraction of sp³-hybridized carbons (Fsp3) is 0.562. The predicted molar refractivity (Wildman–Crippen MR) is 90.6 cm³/mol. The van der Waals surface area contributed by atoms with Crippen molar-refractivity contribution in [3.63, 3.8) is 0 Å². The summed E-state index contributed by atoms with van der Waals surface area (Å²) in [6.45, 7) is 5.38. The van der Waals surface area contributed by atoms with Gasteiger partial charge in [0, 0.05) is 24.7 Å². The second-order valence-corrected chi connectivity index (χ2v) is 7.10. The molecule has 7 heteroatoms. The second kappa shape index (κ2) is 8.62. The topological polar surface area (TPSA) is 82.3 Å². The van der Waals surface area contributed by atoms with Crippen molar-refractivity contribution in [2.24, 2.45) is 5.73 Å². The van der Waals surface area contributed by atoms with Crippen molar-refractivity contribution in [1.82, 2.24) is 4.98 Å². The first kappa shape index (κ1) is 19.9. The lowest BCUT2D eigenvalue weighted by atomic mass is 10.0. The first-order chi connectivity index (χ1) is 10.6. The number of carbonyl (C=O) groups excluding carboxylic acids is 2. The maximum Gasteiger partial charge on any atom is 0.306 e. The van der Waals surface area contributed by atoms with Crippen LogP contribution in [0.15, 0.2) is 12.3 Å². The van der Waals surface area contributed by atoms with Gasteiger partial charge >= 0.3 is 5.97 Å². The second-order valence-electron chi connectivity index (χ2n) is 6.29. The number of halogens is 2. The Morgan fingerprint density at radius 1 is 1.26 bits per heavy atom. The minimum Gasteiger partial charge on any atom is -0.460 e. The van der Waals surface area contributed by atoms with Gasteiger partial charge in [0.05, 0.1) is 16.1 Å². The number of aromatic nitrogens is 1. The van der Waals surface area contributed by atoms with E-state index in [1.165, 1.54) is 6.20 Å². The van der Waals surface area contributed by atoms with Gasteiger partial charge in [-0.1, -0.05) is 23.2 Å². The Hall–Kier alpha value is -1.17. The molecule has 128 valence electrons. The number of carbonyl (C=O) groups is 2. The lowest BCUT2D eigenvalue weighted by Gasteiger charge is -2.20. The normalized spacial score (nSPS) is 12.8. The number of nitrogens with two attached hydrogens (primary N) is 1. The molecule has 1 aromatic heterocycles. The first-order valence-electron chi connectivity index (χ1n) is 7.38. The van der Waals surface area contributed by atoms with Gasteiger partial charge in [0.25, 0.3) is 0 Å². The van der Waals surface area contributed by atoms with Crippen LogP contribution in [0.25, 0.3) is 0 Å². The molecule has 0 spiro atoms. The Morgan fingerprint density at radius 2 is 1.91 bits per heavy atom. The number of hydrogen-bond acceptors (Lipinski definition) is 5. The van der Waals surface area contributed by atoms with Gasteiger partial charge in [-0.3, -0.25) is 14.6 Å². The zero-order valence-electron chi connectivity index (χ0n) is 13.6. The molecule has 0 saturated heterocycles. The highest BCUT2D eigenvalue weighted by Gasteiger charge is 2.19. The fourth-order valence-electron chi connectivity index (χ4n) is 1.85. The fourth-order valence-corrected chi connectivity index (χ4v) is 2.13. The summed E-state index contributed by atoms with van der Waals surface area (Å²) in [4.78, 5) is 27.7. The lowest BCUT2D eigenvalue weighted by molar-refractivity contribution is -0.155. The number of nitrogens with zero attached hydrogens (tertiary/aromatic N) is 1. The van der Waals surface area contributed by atoms with Crippen LogP contribution in [0.2, 0.25) is 10.0 Å². The van der Waals surface area contributed by atoms with Crippen molar-refractivity contribution in [2.45, 2.75) is 58.1 Å². The average molecular weight is 361 g/mol. The molecular weight excluding hydrogens is 339 g/mol. The molecule has 1 atom stereocenters. The third-order valence-corrected chi connectivity index (χ3v) is 3.70. The molecule has 0 aliphatic heterocycles. The molecule has 0 aliphatic carbocycles. The molecule has 2 N–H and O–H groups in total. The van der Waals surface area contributed by atoms with Crippen LogP contribution in [0.5, 0.6) is 0 Å². The van der Waals surface area contributed by atoms with Crippen LogP contribution in [0, 0.1) is 0 Å². The van der Waals surface area contributed by atoms with Gasteiger partial charge in [0.1, 0.15) is 11.4 Å². The molecule has 0 saturated carbocycles. The Kier molecular flexibility index (Phi) is 7.45. The van der Waals surface area contributed by atoms with Gasteiger partial charge in [-0.15, -0.1) is 0 Å². The van der Waals surface area contributed by atoms with E-state index in [0.29, 0.717) is 22.2 Å². The van der Waals surface area contributed by atoms with E-state index in [-0.39, 0.29) is 31.0 Å². The number of ketones is 1. The molecule has 0 unspecified atom stereocenters. The summed E-state index contributed by atoms with van der Waals surface area (Å²) in [5.74, 6) is -0.478. The molecule has 0 bridgehead atoms. The van der Waals surface area contributed by atoms with E-state index in [4.69, 9.17) is 33.7 Å². The Morgan fingerprint density at radius 3 is 2.48 bits per heavy atom. The van der Waals surface area contributed by atoms with Crippen LogP contribution in [0.4, 0.5) is 0 Å². The Labute approximate surface area is 146 Å². The first-order valence-corrected chi connectivity index (χ1v) is 8.14.